The van der Waals surface area contributed by atoms with E-state index in [0.717, 1.165) is 18.4 Å². The second kappa shape index (κ2) is 6.35. The van der Waals surface area contributed by atoms with Crippen LogP contribution in [0.1, 0.15) is 45.6 Å². The van der Waals surface area contributed by atoms with Crippen molar-refractivity contribution < 1.29 is 4.79 Å². The van der Waals surface area contributed by atoms with Crippen molar-refractivity contribution in [1.29, 1.82) is 0 Å². The Hall–Kier alpha value is -1.83. The van der Waals surface area contributed by atoms with Crippen LogP contribution in [0.5, 0.6) is 0 Å². The van der Waals surface area contributed by atoms with E-state index in [1.807, 2.05) is 18.2 Å². The highest BCUT2D eigenvalue weighted by Gasteiger charge is 2.32. The number of carbonyl (C=O) groups excluding carboxylic acids is 1. The fourth-order valence-corrected chi connectivity index (χ4v) is 4.35. The van der Waals surface area contributed by atoms with Gasteiger partial charge in [-0.3, -0.25) is 4.79 Å². The van der Waals surface area contributed by atoms with E-state index >= 15 is 0 Å². The van der Waals surface area contributed by atoms with Crippen LogP contribution in [-0.4, -0.2) is 11.9 Å². The standard InChI is InChI=1S/C21H27NO/c1-15-11-18(14-21(2,3)13-15)22-20(23)12-17-9-6-8-16-7-4-5-10-19(16)17/h4-10,15,18H,11-14H2,1-3H3,(H,22,23)/t15-,18+/m1/s1. The Labute approximate surface area is 139 Å². The number of hydrogen-bond donors (Lipinski definition) is 1. The minimum Gasteiger partial charge on any atom is -0.353 e. The Morgan fingerprint density at radius 3 is 2.65 bits per heavy atom. The molecule has 2 nitrogen and oxygen atoms in total. The molecule has 2 atom stereocenters. The van der Waals surface area contributed by atoms with Crippen molar-refractivity contribution in [3.8, 4) is 0 Å². The van der Waals surface area contributed by atoms with E-state index in [-0.39, 0.29) is 5.91 Å². The van der Waals surface area contributed by atoms with E-state index in [0.29, 0.717) is 23.8 Å². The first kappa shape index (κ1) is 16.0. The first-order valence-electron chi connectivity index (χ1n) is 8.69. The molecule has 0 saturated heterocycles. The molecule has 1 saturated carbocycles. The van der Waals surface area contributed by atoms with Crippen molar-refractivity contribution in [2.45, 2.75) is 52.5 Å². The topological polar surface area (TPSA) is 29.1 Å². The van der Waals surface area contributed by atoms with Crippen LogP contribution < -0.4 is 5.32 Å². The van der Waals surface area contributed by atoms with Gasteiger partial charge in [0.15, 0.2) is 0 Å². The molecule has 0 radical (unpaired) electrons. The van der Waals surface area contributed by atoms with Gasteiger partial charge in [-0.15, -0.1) is 0 Å². The minimum absolute atomic E-state index is 0.149. The molecule has 0 bridgehead atoms. The Morgan fingerprint density at radius 2 is 1.87 bits per heavy atom. The second-order valence-electron chi connectivity index (χ2n) is 7.99. The normalized spacial score (nSPS) is 23.6. The molecule has 2 aromatic carbocycles. The van der Waals surface area contributed by atoms with Crippen LogP contribution in [0.25, 0.3) is 10.8 Å². The van der Waals surface area contributed by atoms with Gasteiger partial charge in [-0.05, 0) is 46.9 Å². The molecule has 1 fully saturated rings. The van der Waals surface area contributed by atoms with Crippen molar-refractivity contribution in [3.05, 3.63) is 48.0 Å². The van der Waals surface area contributed by atoms with Crippen LogP contribution in [0.4, 0.5) is 0 Å². The van der Waals surface area contributed by atoms with E-state index in [1.54, 1.807) is 0 Å². The van der Waals surface area contributed by atoms with Gasteiger partial charge in [-0.1, -0.05) is 63.2 Å². The van der Waals surface area contributed by atoms with Gasteiger partial charge in [0.1, 0.15) is 0 Å². The van der Waals surface area contributed by atoms with Gasteiger partial charge in [0.2, 0.25) is 5.91 Å². The molecule has 2 heteroatoms. The van der Waals surface area contributed by atoms with Gasteiger partial charge in [-0.25, -0.2) is 0 Å². The average Bonchev–Trinajstić information content (AvgIpc) is 2.45. The van der Waals surface area contributed by atoms with Gasteiger partial charge in [-0.2, -0.15) is 0 Å². The highest BCUT2D eigenvalue weighted by atomic mass is 16.1. The number of carbonyl (C=O) groups is 1. The highest BCUT2D eigenvalue weighted by Crippen LogP contribution is 2.38. The summed E-state index contributed by atoms with van der Waals surface area (Å²) in [5.74, 6) is 0.831. The SMILES string of the molecule is C[C@@H]1C[C@H](NC(=O)Cc2cccc3ccccc23)CC(C)(C)C1. The van der Waals surface area contributed by atoms with Gasteiger partial charge >= 0.3 is 0 Å². The van der Waals surface area contributed by atoms with Crippen LogP contribution in [0.2, 0.25) is 0 Å². The number of benzene rings is 2. The lowest BCUT2D eigenvalue weighted by atomic mass is 9.70. The summed E-state index contributed by atoms with van der Waals surface area (Å²) in [5, 5.41) is 5.66. The van der Waals surface area contributed by atoms with E-state index < -0.39 is 0 Å². The molecule has 0 spiro atoms. The van der Waals surface area contributed by atoms with Crippen LogP contribution in [0.3, 0.4) is 0 Å². The van der Waals surface area contributed by atoms with Gasteiger partial charge in [0.25, 0.3) is 0 Å². The first-order chi connectivity index (χ1) is 10.9. The summed E-state index contributed by atoms with van der Waals surface area (Å²) in [7, 11) is 0. The number of nitrogens with one attached hydrogen (secondary N) is 1. The lowest BCUT2D eigenvalue weighted by molar-refractivity contribution is -0.121. The van der Waals surface area contributed by atoms with Crippen LogP contribution >= 0.6 is 0 Å². The summed E-state index contributed by atoms with van der Waals surface area (Å²) >= 11 is 0. The van der Waals surface area contributed by atoms with Crippen LogP contribution in [-0.2, 0) is 11.2 Å². The molecule has 0 heterocycles. The molecule has 2 aromatic rings. The van der Waals surface area contributed by atoms with Gasteiger partial charge in [0, 0.05) is 6.04 Å². The van der Waals surface area contributed by atoms with Crippen molar-refractivity contribution >= 4 is 16.7 Å². The zero-order valence-electron chi connectivity index (χ0n) is 14.4. The van der Waals surface area contributed by atoms with Crippen molar-refractivity contribution in [3.63, 3.8) is 0 Å². The summed E-state index contributed by atoms with van der Waals surface area (Å²) in [6.45, 7) is 6.92. The predicted octanol–water partition coefficient (Wildman–Crippen LogP) is 4.71. The lowest BCUT2D eigenvalue weighted by Crippen LogP contribution is -2.43. The molecule has 1 N–H and O–H groups in total. The zero-order valence-corrected chi connectivity index (χ0v) is 14.4. The number of hydrogen-bond acceptors (Lipinski definition) is 1. The Kier molecular flexibility index (Phi) is 4.43. The molecule has 0 aliphatic heterocycles. The van der Waals surface area contributed by atoms with Crippen molar-refractivity contribution in [2.75, 3.05) is 0 Å². The summed E-state index contributed by atoms with van der Waals surface area (Å²) in [5.41, 5.74) is 1.44. The van der Waals surface area contributed by atoms with Crippen molar-refractivity contribution in [2.24, 2.45) is 11.3 Å². The third kappa shape index (κ3) is 3.93. The molecule has 23 heavy (non-hydrogen) atoms. The zero-order chi connectivity index (χ0) is 16.4. The number of rotatable bonds is 3. The quantitative estimate of drug-likeness (QED) is 0.874. The maximum atomic E-state index is 12.5. The molecule has 0 aromatic heterocycles. The average molecular weight is 309 g/mol. The minimum atomic E-state index is 0.149. The maximum absolute atomic E-state index is 12.5. The van der Waals surface area contributed by atoms with Gasteiger partial charge < -0.3 is 5.32 Å². The Balaban J connectivity index is 1.69. The number of amides is 1. The summed E-state index contributed by atoms with van der Waals surface area (Å²) in [4.78, 5) is 12.5. The summed E-state index contributed by atoms with van der Waals surface area (Å²) in [6.07, 6.45) is 3.90. The first-order valence-corrected chi connectivity index (χ1v) is 8.69. The molecular weight excluding hydrogens is 282 g/mol. The third-order valence-electron chi connectivity index (χ3n) is 4.98. The van der Waals surface area contributed by atoms with E-state index in [9.17, 15) is 4.79 Å². The molecule has 0 unspecified atom stereocenters. The largest absolute Gasteiger partial charge is 0.353 e. The summed E-state index contributed by atoms with van der Waals surface area (Å²) < 4.78 is 0. The molecule has 122 valence electrons. The van der Waals surface area contributed by atoms with E-state index in [1.165, 1.54) is 17.2 Å². The highest BCUT2D eigenvalue weighted by molar-refractivity contribution is 5.90. The Morgan fingerprint density at radius 1 is 1.13 bits per heavy atom. The predicted molar refractivity (Wildman–Crippen MR) is 96.4 cm³/mol. The van der Waals surface area contributed by atoms with Gasteiger partial charge in [0.05, 0.1) is 6.42 Å². The Bertz CT molecular complexity index is 699. The molecule has 1 aliphatic rings. The smallest absolute Gasteiger partial charge is 0.224 e. The molecular formula is C21H27NO. The molecule has 1 amide bonds. The fourth-order valence-electron chi connectivity index (χ4n) is 4.35. The molecule has 3 rings (SSSR count). The van der Waals surface area contributed by atoms with E-state index in [2.05, 4.69) is 50.4 Å². The monoisotopic (exact) mass is 309 g/mol. The second-order valence-corrected chi connectivity index (χ2v) is 7.99. The number of fused-ring (bicyclic) bond motifs is 1. The maximum Gasteiger partial charge on any atom is 0.224 e. The fraction of sp³-hybridized carbons (Fsp3) is 0.476. The lowest BCUT2D eigenvalue weighted by Gasteiger charge is -2.39. The molecule has 1 aliphatic carbocycles. The third-order valence-corrected chi connectivity index (χ3v) is 4.98. The van der Waals surface area contributed by atoms with Crippen LogP contribution in [0.15, 0.2) is 42.5 Å². The summed E-state index contributed by atoms with van der Waals surface area (Å²) in [6, 6.07) is 14.8. The van der Waals surface area contributed by atoms with Crippen molar-refractivity contribution in [1.82, 2.24) is 5.32 Å². The van der Waals surface area contributed by atoms with E-state index in [4.69, 9.17) is 0 Å². The van der Waals surface area contributed by atoms with Crippen LogP contribution in [0, 0.1) is 11.3 Å².